The van der Waals surface area contributed by atoms with Crippen molar-refractivity contribution >= 4 is 35.8 Å². The highest BCUT2D eigenvalue weighted by Gasteiger charge is 2.69. The van der Waals surface area contributed by atoms with Crippen LogP contribution >= 0.6 is 0 Å². The third-order valence-corrected chi connectivity index (χ3v) is 29.0. The molecule has 16 fully saturated rings. The van der Waals surface area contributed by atoms with E-state index in [2.05, 4.69) is 20.8 Å². The van der Waals surface area contributed by atoms with Gasteiger partial charge in [-0.3, -0.25) is 28.8 Å². The van der Waals surface area contributed by atoms with E-state index in [0.29, 0.717) is 76.9 Å². The van der Waals surface area contributed by atoms with Crippen LogP contribution in [-0.4, -0.2) is 70.9 Å². The highest BCUT2D eigenvalue weighted by atomic mass is 16.6. The molecular formula is C80H136O12. The van der Waals surface area contributed by atoms with Crippen LogP contribution in [0.15, 0.2) is 0 Å². The van der Waals surface area contributed by atoms with Crippen LogP contribution in [0.25, 0.3) is 0 Å². The van der Waals surface area contributed by atoms with Crippen LogP contribution in [0.5, 0.6) is 0 Å². The monoisotopic (exact) mass is 1290 g/mol. The summed E-state index contributed by atoms with van der Waals surface area (Å²) in [7, 11) is 0. The molecule has 0 saturated heterocycles. The highest BCUT2D eigenvalue weighted by molar-refractivity contribution is 5.78. The summed E-state index contributed by atoms with van der Waals surface area (Å²) in [6.45, 7) is 20.4. The number of fused-ring (bicyclic) bond motifs is 20. The first-order valence-corrected chi connectivity index (χ1v) is 36.4. The molecule has 16 saturated carbocycles. The van der Waals surface area contributed by atoms with Crippen molar-refractivity contribution in [2.75, 3.05) is 0 Å². The maximum Gasteiger partial charge on any atom is 0.311 e. The lowest BCUT2D eigenvalue weighted by Crippen LogP contribution is -2.58. The molecule has 0 aliphatic heterocycles. The largest absolute Gasteiger partial charge is 0.462 e. The number of rotatable bonds is 16. The second-order valence-corrected chi connectivity index (χ2v) is 33.8. The van der Waals surface area contributed by atoms with E-state index in [4.69, 9.17) is 28.4 Å². The summed E-state index contributed by atoms with van der Waals surface area (Å²) in [5.74, 6) is 11.1. The Hall–Kier alpha value is -3.18. The van der Waals surface area contributed by atoms with Crippen LogP contribution in [0.4, 0.5) is 0 Å². The first-order valence-electron chi connectivity index (χ1n) is 36.4. The SMILES string of the molecule is C.C.C.C.C.C.CCC(C)(C)C(=O)OC1CC2CC(C(=O)OC3(C)C4CC5CC(C4)CC3C5)C1C2.CCC(C)C(=O)OC1CC2CC1C1C3CC(CC3C(=O)OC3(C)CCCC3)C21.CCC(C)C(=O)OC1CC2CC1C1C3CC(CC3C(=O)OC3(CC)CCCC3)C21. The van der Waals surface area contributed by atoms with Gasteiger partial charge in [0.1, 0.15) is 35.1 Å². The van der Waals surface area contributed by atoms with Gasteiger partial charge < -0.3 is 28.4 Å². The molecule has 22 atom stereocenters. The zero-order valence-corrected chi connectivity index (χ0v) is 54.7. The Bertz CT molecular complexity index is 2530. The van der Waals surface area contributed by atoms with Crippen molar-refractivity contribution in [2.45, 2.75) is 329 Å². The van der Waals surface area contributed by atoms with E-state index in [1.165, 1.54) is 83.5 Å². The van der Waals surface area contributed by atoms with E-state index in [0.717, 1.165) is 120 Å². The van der Waals surface area contributed by atoms with Crippen LogP contribution in [0.1, 0.15) is 294 Å². The summed E-state index contributed by atoms with van der Waals surface area (Å²) < 4.78 is 36.6. The summed E-state index contributed by atoms with van der Waals surface area (Å²) >= 11 is 0. The number of carbonyl (C=O) groups is 6. The van der Waals surface area contributed by atoms with Crippen molar-refractivity contribution in [3.63, 3.8) is 0 Å². The number of carbonyl (C=O) groups excluding carboxylic acids is 6. The smallest absolute Gasteiger partial charge is 0.311 e. The van der Waals surface area contributed by atoms with Gasteiger partial charge in [0.25, 0.3) is 0 Å². The van der Waals surface area contributed by atoms with E-state index in [-0.39, 0.29) is 151 Å². The van der Waals surface area contributed by atoms with Crippen molar-refractivity contribution < 1.29 is 57.2 Å². The van der Waals surface area contributed by atoms with E-state index in [9.17, 15) is 28.8 Å². The summed E-state index contributed by atoms with van der Waals surface area (Å²) in [5.41, 5.74) is -1.11. The molecule has 14 bridgehead atoms. The molecule has 0 N–H and O–H groups in total. The van der Waals surface area contributed by atoms with Gasteiger partial charge in [-0.25, -0.2) is 0 Å². The molecule has 0 aromatic carbocycles. The van der Waals surface area contributed by atoms with E-state index < -0.39 is 5.41 Å². The van der Waals surface area contributed by atoms with Crippen LogP contribution in [0, 0.1) is 142 Å². The minimum atomic E-state index is -0.453. The minimum Gasteiger partial charge on any atom is -0.462 e. The summed E-state index contributed by atoms with van der Waals surface area (Å²) in [5, 5.41) is 0. The fourth-order valence-corrected chi connectivity index (χ4v) is 23.9. The normalized spacial score (nSPS) is 43.0. The number of hydrogen-bond acceptors (Lipinski definition) is 12. The Kier molecular flexibility index (Phi) is 24.1. The lowest BCUT2D eigenvalue weighted by atomic mass is 9.50. The fraction of sp³-hybridized carbons (Fsp3) is 0.925. The molecule has 16 aliphatic carbocycles. The molecule has 22 unspecified atom stereocenters. The second kappa shape index (κ2) is 29.1. The Labute approximate surface area is 560 Å². The maximum atomic E-state index is 13.4. The quantitative estimate of drug-likeness (QED) is 0.0819. The van der Waals surface area contributed by atoms with Gasteiger partial charge in [0.2, 0.25) is 0 Å². The minimum absolute atomic E-state index is 0. The Balaban J connectivity index is 0.000000190. The molecule has 16 rings (SSSR count). The zero-order valence-electron chi connectivity index (χ0n) is 54.7. The van der Waals surface area contributed by atoms with Gasteiger partial charge in [-0.2, -0.15) is 0 Å². The third kappa shape index (κ3) is 13.5. The van der Waals surface area contributed by atoms with Gasteiger partial charge in [-0.15, -0.1) is 0 Å². The van der Waals surface area contributed by atoms with Crippen molar-refractivity contribution in [1.29, 1.82) is 0 Å². The lowest BCUT2D eigenvalue weighted by Gasteiger charge is -2.59. The molecule has 92 heavy (non-hydrogen) atoms. The van der Waals surface area contributed by atoms with Gasteiger partial charge in [0.15, 0.2) is 0 Å². The average Bonchev–Trinajstić information content (AvgIpc) is 1.51. The van der Waals surface area contributed by atoms with Gasteiger partial charge in [0.05, 0.1) is 35.0 Å². The van der Waals surface area contributed by atoms with Gasteiger partial charge in [-0.1, -0.05) is 86.1 Å². The van der Waals surface area contributed by atoms with Crippen molar-refractivity contribution in [3.05, 3.63) is 0 Å². The number of esters is 6. The Morgan fingerprint density at radius 1 is 0.424 bits per heavy atom. The Morgan fingerprint density at radius 2 is 0.826 bits per heavy atom. The molecule has 0 spiro atoms. The average molecular weight is 1290 g/mol. The standard InChI is InChI=1S/2C25H38O4.C24H36O4.6CH4/c1-5-24(2,3)23(27)28-21-13-16-11-19(21)20(12-16)22(26)29-25(4)17-7-14-6-15(9-17)10-18(25)8-14;1-4-14(3)23(26)28-20-13-16-12-19(20)22-17-10-15(21(16)22)11-18(17)24(27)29-25(5-2)8-6-7-9-25;1-4-13(2)22(25)27-19-12-15-11-18(19)21-16-9-14(20(15)21)10-17(16)23(26)28-24(3)7-5-6-8-24;;;;;;/h14-21H,5-13H2,1-4H3;14-22H,4-13H2,1-3H3;13-21H,4-12H2,1-3H3;6*1H4. The fourth-order valence-electron chi connectivity index (χ4n) is 23.9. The predicted octanol–water partition coefficient (Wildman–Crippen LogP) is 18.8. The Morgan fingerprint density at radius 3 is 1.27 bits per heavy atom. The van der Waals surface area contributed by atoms with Crippen LogP contribution in [0.2, 0.25) is 0 Å². The van der Waals surface area contributed by atoms with E-state index >= 15 is 0 Å². The van der Waals surface area contributed by atoms with E-state index in [1.54, 1.807) is 0 Å². The molecule has 0 heterocycles. The lowest BCUT2D eigenvalue weighted by molar-refractivity contribution is -0.210. The molecule has 12 heteroatoms. The topological polar surface area (TPSA) is 158 Å². The second-order valence-electron chi connectivity index (χ2n) is 33.8. The number of hydrogen-bond donors (Lipinski definition) is 0. The first kappa shape index (κ1) is 76.2. The molecule has 0 radical (unpaired) electrons. The van der Waals surface area contributed by atoms with Gasteiger partial charge in [-0.05, 0) is 308 Å². The molecule has 16 aliphatic rings. The predicted molar refractivity (Wildman–Crippen MR) is 365 cm³/mol. The van der Waals surface area contributed by atoms with Crippen LogP contribution < -0.4 is 0 Å². The molecule has 0 amide bonds. The van der Waals surface area contributed by atoms with Crippen molar-refractivity contribution in [1.82, 2.24) is 0 Å². The molecule has 0 aromatic rings. The molecule has 0 aromatic heterocycles. The summed E-state index contributed by atoms with van der Waals surface area (Å²) in [6, 6.07) is 0. The molecule has 12 nitrogen and oxygen atoms in total. The van der Waals surface area contributed by atoms with Crippen LogP contribution in [0.3, 0.4) is 0 Å². The van der Waals surface area contributed by atoms with Crippen molar-refractivity contribution in [3.8, 4) is 0 Å². The van der Waals surface area contributed by atoms with Crippen molar-refractivity contribution in [2.24, 2.45) is 142 Å². The third-order valence-electron chi connectivity index (χ3n) is 29.0. The molecular weight excluding hydrogens is 1150 g/mol. The summed E-state index contributed by atoms with van der Waals surface area (Å²) in [4.78, 5) is 77.0. The zero-order chi connectivity index (χ0) is 60.5. The van der Waals surface area contributed by atoms with Gasteiger partial charge in [0, 0.05) is 5.92 Å². The highest BCUT2D eigenvalue weighted by Crippen LogP contribution is 2.71. The maximum absolute atomic E-state index is 13.4. The first-order chi connectivity index (χ1) is 41.0. The molecule has 528 valence electrons. The van der Waals surface area contributed by atoms with Gasteiger partial charge >= 0.3 is 35.8 Å². The number of ether oxygens (including phenoxy) is 6. The van der Waals surface area contributed by atoms with E-state index in [1.807, 2.05) is 48.5 Å². The van der Waals surface area contributed by atoms with Crippen LogP contribution in [-0.2, 0) is 57.2 Å². The summed E-state index contributed by atoms with van der Waals surface area (Å²) in [6.07, 6.45) is 30.6.